The van der Waals surface area contributed by atoms with Crippen LogP contribution in [0.3, 0.4) is 0 Å². The van der Waals surface area contributed by atoms with Gasteiger partial charge in [-0.15, -0.1) is 0 Å². The van der Waals surface area contributed by atoms with E-state index in [4.69, 9.17) is 0 Å². The van der Waals surface area contributed by atoms with Gasteiger partial charge in [-0.1, -0.05) is 29.0 Å². The van der Waals surface area contributed by atoms with Crippen LogP contribution in [0.25, 0.3) is 0 Å². The summed E-state index contributed by atoms with van der Waals surface area (Å²) in [6.07, 6.45) is 4.34. The molecule has 0 aliphatic heterocycles. The fraction of sp³-hybridized carbons (Fsp3) is 0.667. The molecule has 84 valence electrons. The smallest absolute Gasteiger partial charge is 0.267 e. The summed E-state index contributed by atoms with van der Waals surface area (Å²) < 4.78 is 3.55. The van der Waals surface area contributed by atoms with Crippen molar-refractivity contribution in [3.8, 4) is 0 Å². The van der Waals surface area contributed by atoms with E-state index in [0.717, 1.165) is 28.3 Å². The first-order valence-corrected chi connectivity index (χ1v) is 6.38. The number of rotatable bonds is 5. The molecule has 0 unspecified atom stereocenters. The SMILES string of the molecule is Cn1c(=O)cnn(CCCCCI)c1=O. The molecule has 0 spiro atoms. The van der Waals surface area contributed by atoms with Gasteiger partial charge in [-0.2, -0.15) is 5.10 Å². The van der Waals surface area contributed by atoms with Crippen LogP contribution in [0.15, 0.2) is 15.8 Å². The highest BCUT2D eigenvalue weighted by atomic mass is 127. The number of hydrogen-bond acceptors (Lipinski definition) is 3. The zero-order chi connectivity index (χ0) is 11.3. The first kappa shape index (κ1) is 12.4. The van der Waals surface area contributed by atoms with E-state index in [1.165, 1.54) is 17.9 Å². The molecule has 6 heteroatoms. The van der Waals surface area contributed by atoms with Gasteiger partial charge in [-0.3, -0.25) is 9.36 Å². The maximum atomic E-state index is 11.5. The molecule has 0 saturated carbocycles. The summed E-state index contributed by atoms with van der Waals surface area (Å²) in [5.74, 6) is 0. The van der Waals surface area contributed by atoms with Gasteiger partial charge in [-0.25, -0.2) is 9.48 Å². The van der Waals surface area contributed by atoms with Crippen molar-refractivity contribution in [1.82, 2.24) is 14.3 Å². The Bertz CT molecular complexity index is 424. The first-order valence-electron chi connectivity index (χ1n) is 4.86. The topological polar surface area (TPSA) is 56.9 Å². The van der Waals surface area contributed by atoms with Crippen LogP contribution in [0.2, 0.25) is 0 Å². The van der Waals surface area contributed by atoms with Crippen molar-refractivity contribution in [3.63, 3.8) is 0 Å². The molecule has 0 aliphatic carbocycles. The molecule has 0 bridgehead atoms. The van der Waals surface area contributed by atoms with Gasteiger partial charge in [0.25, 0.3) is 5.56 Å². The van der Waals surface area contributed by atoms with Gasteiger partial charge in [0, 0.05) is 13.6 Å². The van der Waals surface area contributed by atoms with Crippen LogP contribution in [0.1, 0.15) is 19.3 Å². The van der Waals surface area contributed by atoms with Crippen molar-refractivity contribution in [2.75, 3.05) is 4.43 Å². The molecule has 0 fully saturated rings. The third kappa shape index (κ3) is 3.44. The molecule has 1 rings (SSSR count). The van der Waals surface area contributed by atoms with Crippen molar-refractivity contribution < 1.29 is 0 Å². The second-order valence-electron chi connectivity index (χ2n) is 3.30. The zero-order valence-electron chi connectivity index (χ0n) is 8.65. The third-order valence-corrected chi connectivity index (χ3v) is 2.91. The van der Waals surface area contributed by atoms with Crippen molar-refractivity contribution in [3.05, 3.63) is 27.0 Å². The second-order valence-corrected chi connectivity index (χ2v) is 4.38. The molecular weight excluding hydrogens is 309 g/mol. The maximum Gasteiger partial charge on any atom is 0.347 e. The fourth-order valence-corrected chi connectivity index (χ4v) is 1.75. The molecule has 0 saturated heterocycles. The van der Waals surface area contributed by atoms with Crippen molar-refractivity contribution in [1.29, 1.82) is 0 Å². The number of unbranched alkanes of at least 4 members (excludes halogenated alkanes) is 2. The Morgan fingerprint density at radius 3 is 2.73 bits per heavy atom. The van der Waals surface area contributed by atoms with Gasteiger partial charge in [0.15, 0.2) is 0 Å². The van der Waals surface area contributed by atoms with Crippen LogP contribution in [0.4, 0.5) is 0 Å². The highest BCUT2D eigenvalue weighted by molar-refractivity contribution is 14.1. The molecule has 0 amide bonds. The molecule has 0 radical (unpaired) electrons. The van der Waals surface area contributed by atoms with E-state index in [-0.39, 0.29) is 11.2 Å². The third-order valence-electron chi connectivity index (χ3n) is 2.15. The van der Waals surface area contributed by atoms with E-state index in [1.54, 1.807) is 0 Å². The largest absolute Gasteiger partial charge is 0.347 e. The number of hydrogen-bond donors (Lipinski definition) is 0. The van der Waals surface area contributed by atoms with E-state index in [2.05, 4.69) is 27.7 Å². The maximum absolute atomic E-state index is 11.5. The molecule has 1 heterocycles. The Balaban J connectivity index is 2.67. The number of nitrogens with zero attached hydrogens (tertiary/aromatic N) is 3. The lowest BCUT2D eigenvalue weighted by atomic mass is 10.2. The predicted octanol–water partition coefficient (Wildman–Crippen LogP) is 0.547. The van der Waals surface area contributed by atoms with Crippen LogP contribution in [0.5, 0.6) is 0 Å². The Labute approximate surface area is 101 Å². The minimum Gasteiger partial charge on any atom is -0.267 e. The van der Waals surface area contributed by atoms with Gasteiger partial charge in [0.2, 0.25) is 0 Å². The average Bonchev–Trinajstić information content (AvgIpc) is 2.24. The molecule has 0 aromatic carbocycles. The minimum absolute atomic E-state index is 0.336. The lowest BCUT2D eigenvalue weighted by Crippen LogP contribution is -2.39. The summed E-state index contributed by atoms with van der Waals surface area (Å²) in [5, 5.41) is 3.81. The van der Waals surface area contributed by atoms with E-state index in [1.807, 2.05) is 0 Å². The summed E-state index contributed by atoms with van der Waals surface area (Å²) in [6, 6.07) is 0. The molecule has 0 aliphatic rings. The lowest BCUT2D eigenvalue weighted by molar-refractivity contribution is 0.490. The Morgan fingerprint density at radius 1 is 1.33 bits per heavy atom. The first-order chi connectivity index (χ1) is 7.16. The number of aryl methyl sites for hydroxylation is 1. The van der Waals surface area contributed by atoms with Crippen LogP contribution in [-0.4, -0.2) is 18.8 Å². The molecule has 5 nitrogen and oxygen atoms in total. The average molecular weight is 323 g/mol. The number of alkyl halides is 1. The van der Waals surface area contributed by atoms with Crippen molar-refractivity contribution >= 4 is 22.6 Å². The Hall–Kier alpha value is -0.660. The van der Waals surface area contributed by atoms with Crippen LogP contribution in [0, 0.1) is 0 Å². The predicted molar refractivity (Wildman–Crippen MR) is 66.5 cm³/mol. The molecule has 0 atom stereocenters. The fourth-order valence-electron chi connectivity index (χ4n) is 1.21. The Morgan fingerprint density at radius 2 is 2.07 bits per heavy atom. The quantitative estimate of drug-likeness (QED) is 0.452. The normalized spacial score (nSPS) is 10.5. The summed E-state index contributed by atoms with van der Waals surface area (Å²) in [4.78, 5) is 22.6. The monoisotopic (exact) mass is 323 g/mol. The zero-order valence-corrected chi connectivity index (χ0v) is 10.8. The summed E-state index contributed by atoms with van der Waals surface area (Å²) >= 11 is 2.33. The minimum atomic E-state index is -0.358. The van der Waals surface area contributed by atoms with Gasteiger partial charge < -0.3 is 0 Å². The summed E-state index contributed by atoms with van der Waals surface area (Å²) in [7, 11) is 1.47. The van der Waals surface area contributed by atoms with Crippen LogP contribution >= 0.6 is 22.6 Å². The van der Waals surface area contributed by atoms with Gasteiger partial charge in [-0.05, 0) is 17.3 Å². The molecule has 0 N–H and O–H groups in total. The van der Waals surface area contributed by atoms with E-state index in [0.29, 0.717) is 6.54 Å². The number of halogens is 1. The van der Waals surface area contributed by atoms with Gasteiger partial charge in [0.05, 0.1) is 0 Å². The molecule has 1 aromatic rings. The molecule has 1 aromatic heterocycles. The lowest BCUT2D eigenvalue weighted by Gasteiger charge is -2.04. The van der Waals surface area contributed by atoms with E-state index < -0.39 is 0 Å². The van der Waals surface area contributed by atoms with E-state index >= 15 is 0 Å². The number of aromatic nitrogens is 3. The van der Waals surface area contributed by atoms with Gasteiger partial charge >= 0.3 is 5.69 Å². The van der Waals surface area contributed by atoms with Crippen molar-refractivity contribution in [2.45, 2.75) is 25.8 Å². The summed E-state index contributed by atoms with van der Waals surface area (Å²) in [6.45, 7) is 0.587. The van der Waals surface area contributed by atoms with Crippen LogP contribution < -0.4 is 11.2 Å². The highest BCUT2D eigenvalue weighted by Gasteiger charge is 2.01. The Kier molecular flexibility index (Phi) is 5.00. The van der Waals surface area contributed by atoms with Gasteiger partial charge in [0.1, 0.15) is 6.20 Å². The highest BCUT2D eigenvalue weighted by Crippen LogP contribution is 1.99. The van der Waals surface area contributed by atoms with E-state index in [9.17, 15) is 9.59 Å². The summed E-state index contributed by atoms with van der Waals surface area (Å²) in [5.41, 5.74) is -0.694. The standard InChI is InChI=1S/C9H14IN3O2/c1-12-8(14)7-11-13(9(12)15)6-4-2-3-5-10/h7H,2-6H2,1H3. The molecule has 15 heavy (non-hydrogen) atoms. The van der Waals surface area contributed by atoms with Crippen molar-refractivity contribution in [2.24, 2.45) is 7.05 Å². The van der Waals surface area contributed by atoms with Crippen LogP contribution in [-0.2, 0) is 13.6 Å². The molecular formula is C9H14IN3O2. The second kappa shape index (κ2) is 6.04.